The molecule has 0 amide bonds. The molecule has 1 heterocycles. The normalized spacial score (nSPS) is 20.1. The van der Waals surface area contributed by atoms with E-state index in [-0.39, 0.29) is 26.9 Å². The van der Waals surface area contributed by atoms with Gasteiger partial charge in [0.2, 0.25) is 0 Å². The second-order valence-corrected chi connectivity index (χ2v) is 19.0. The first kappa shape index (κ1) is 66.7. The SMILES string of the molecule is C.C.C=C(CCl)CCl.C=C(CI)CI.C=C(CI)CI.CC(C)(C)OC(=O)OC(=O)OC(C)(C)C.N[C@@H]1CCCC[C@H]1N.SCC1CN[C@@H]2CCCC[C@H]2NC1. The molecular formula is C40H78Cl2I4N4O5S. The quantitative estimate of drug-likeness (QED) is 0.0421. The molecule has 0 spiro atoms. The van der Waals surface area contributed by atoms with E-state index < -0.39 is 23.5 Å². The fourth-order valence-electron chi connectivity index (χ4n) is 4.36. The van der Waals surface area contributed by atoms with E-state index in [9.17, 15) is 9.59 Å². The van der Waals surface area contributed by atoms with Gasteiger partial charge in [-0.3, -0.25) is 0 Å². The monoisotopic (exact) mass is 1300 g/mol. The molecule has 0 radical (unpaired) electrons. The average molecular weight is 1310 g/mol. The van der Waals surface area contributed by atoms with Gasteiger partial charge in [0.25, 0.3) is 0 Å². The van der Waals surface area contributed by atoms with Crippen molar-refractivity contribution in [1.29, 1.82) is 0 Å². The Balaban J connectivity index is -0.000000193. The summed E-state index contributed by atoms with van der Waals surface area (Å²) in [6, 6.07) is 2.03. The zero-order valence-corrected chi connectivity index (χ0v) is 44.5. The van der Waals surface area contributed by atoms with Crippen molar-refractivity contribution in [3.8, 4) is 0 Å². The van der Waals surface area contributed by atoms with Crippen LogP contribution in [-0.2, 0) is 14.2 Å². The van der Waals surface area contributed by atoms with Crippen LogP contribution in [0.5, 0.6) is 0 Å². The highest BCUT2D eigenvalue weighted by Gasteiger charge is 2.28. The summed E-state index contributed by atoms with van der Waals surface area (Å²) in [5, 5.41) is 7.35. The van der Waals surface area contributed by atoms with Gasteiger partial charge in [0.05, 0.1) is 0 Å². The molecule has 4 atom stereocenters. The van der Waals surface area contributed by atoms with Gasteiger partial charge in [-0.1, -0.05) is 162 Å². The zero-order chi connectivity index (χ0) is 42.3. The lowest BCUT2D eigenvalue weighted by molar-refractivity contribution is -0.0293. The third-order valence-corrected chi connectivity index (χ3v) is 12.9. The Labute approximate surface area is 413 Å². The summed E-state index contributed by atoms with van der Waals surface area (Å²) in [7, 11) is 0. The minimum Gasteiger partial charge on any atom is -0.428 e. The molecule has 3 fully saturated rings. The zero-order valence-electron chi connectivity index (χ0n) is 33.4. The maximum absolute atomic E-state index is 11.0. The van der Waals surface area contributed by atoms with E-state index in [2.05, 4.69) is 138 Å². The second kappa shape index (κ2) is 40.7. The number of alkyl halides is 6. The molecule has 0 unspecified atom stereocenters. The third-order valence-electron chi connectivity index (χ3n) is 7.32. The summed E-state index contributed by atoms with van der Waals surface area (Å²) < 4.78 is 18.2. The highest BCUT2D eigenvalue weighted by Crippen LogP contribution is 2.21. The number of thiol groups is 1. The van der Waals surface area contributed by atoms with Gasteiger partial charge in [0, 0.05) is 66.7 Å². The molecule has 1 aliphatic heterocycles. The van der Waals surface area contributed by atoms with Crippen LogP contribution in [0.4, 0.5) is 9.59 Å². The average Bonchev–Trinajstić information content (AvgIpc) is 3.34. The Bertz CT molecular complexity index is 932. The molecule has 0 aromatic rings. The lowest BCUT2D eigenvalue weighted by Gasteiger charge is -2.30. The number of allylic oxidation sites excluding steroid dienone is 3. The molecule has 2 aliphatic carbocycles. The number of halogens is 6. The van der Waals surface area contributed by atoms with Crippen LogP contribution in [0.1, 0.15) is 108 Å². The van der Waals surface area contributed by atoms with Crippen LogP contribution in [0, 0.1) is 5.92 Å². The maximum atomic E-state index is 11.0. The summed E-state index contributed by atoms with van der Waals surface area (Å²) >= 11 is 24.1. The molecule has 2 saturated carbocycles. The highest BCUT2D eigenvalue weighted by atomic mass is 127. The van der Waals surface area contributed by atoms with Gasteiger partial charge in [-0.05, 0) is 84.5 Å². The lowest BCUT2D eigenvalue weighted by atomic mass is 9.91. The molecule has 3 aliphatic rings. The molecule has 16 heteroatoms. The number of nitrogens with two attached hydrogens (primary N) is 2. The van der Waals surface area contributed by atoms with Gasteiger partial charge in [0.15, 0.2) is 0 Å². The molecule has 0 aromatic carbocycles. The predicted molar refractivity (Wildman–Crippen MR) is 285 cm³/mol. The van der Waals surface area contributed by atoms with E-state index in [1.807, 2.05) is 0 Å². The Morgan fingerprint density at radius 1 is 0.661 bits per heavy atom. The van der Waals surface area contributed by atoms with Crippen LogP contribution in [0.25, 0.3) is 0 Å². The van der Waals surface area contributed by atoms with Crippen LogP contribution in [0.15, 0.2) is 36.5 Å². The van der Waals surface area contributed by atoms with Crippen LogP contribution < -0.4 is 22.1 Å². The molecule has 336 valence electrons. The van der Waals surface area contributed by atoms with Crippen molar-refractivity contribution in [2.24, 2.45) is 17.4 Å². The van der Waals surface area contributed by atoms with E-state index in [0.29, 0.717) is 17.7 Å². The Morgan fingerprint density at radius 2 is 0.964 bits per heavy atom. The van der Waals surface area contributed by atoms with Crippen molar-refractivity contribution < 1.29 is 23.8 Å². The molecule has 56 heavy (non-hydrogen) atoms. The highest BCUT2D eigenvalue weighted by molar-refractivity contribution is 14.1. The number of hydrogen-bond donors (Lipinski definition) is 5. The first-order valence-corrected chi connectivity index (χ1v) is 26.0. The summed E-state index contributed by atoms with van der Waals surface area (Å²) in [6.07, 6.45) is 8.21. The number of nitrogens with one attached hydrogen (secondary N) is 2. The van der Waals surface area contributed by atoms with Crippen molar-refractivity contribution in [3.05, 3.63) is 36.5 Å². The van der Waals surface area contributed by atoms with Crippen LogP contribution in [0.2, 0.25) is 0 Å². The standard InChI is InChI=1S/C10H20N2S.C10H18O5.C6H14N2.C4H6Cl2.2C4H6I2.2CH4/c13-7-8-5-11-9-3-1-2-4-10(9)12-6-8;1-9(2,3)14-7(11)13-8(12)15-10(4,5)6;7-5-3-1-2-4-6(5)8;3*1-4(2-5)3-6;;/h8-13H,1-7H2;1-6H3;5-6H,1-4,7-8H2;3*1-3H2;2*1H4/t9-,10-;;5-,6-;;;;;/m1.1...../s1. The largest absolute Gasteiger partial charge is 0.519 e. The minimum atomic E-state index is -1.06. The van der Waals surface area contributed by atoms with Crippen LogP contribution >= 0.6 is 126 Å². The predicted octanol–water partition coefficient (Wildman–Crippen LogP) is 12.2. The lowest BCUT2D eigenvalue weighted by Crippen LogP contribution is -2.47. The van der Waals surface area contributed by atoms with Crippen molar-refractivity contribution in [1.82, 2.24) is 10.6 Å². The van der Waals surface area contributed by atoms with E-state index in [0.717, 1.165) is 67.1 Å². The van der Waals surface area contributed by atoms with Gasteiger partial charge < -0.3 is 36.3 Å². The Kier molecular flexibility index (Phi) is 48.5. The maximum Gasteiger partial charge on any atom is 0.519 e. The van der Waals surface area contributed by atoms with Gasteiger partial charge in [-0.2, -0.15) is 12.6 Å². The molecule has 3 rings (SSSR count). The number of fused-ring (bicyclic) bond motifs is 1. The number of ether oxygens (including phenoxy) is 3. The Hall–Kier alpha value is 1.65. The van der Waals surface area contributed by atoms with E-state index >= 15 is 0 Å². The molecule has 9 nitrogen and oxygen atoms in total. The smallest absolute Gasteiger partial charge is 0.428 e. The van der Waals surface area contributed by atoms with E-state index in [1.54, 1.807) is 41.5 Å². The molecule has 1 saturated heterocycles. The molecule has 0 aromatic heterocycles. The number of carbonyl (C=O) groups is 2. The first-order chi connectivity index (χ1) is 25.1. The van der Waals surface area contributed by atoms with Crippen molar-refractivity contribution >= 4 is 139 Å². The van der Waals surface area contributed by atoms with Crippen LogP contribution in [-0.4, -0.2) is 96.0 Å². The number of carbonyl (C=O) groups excluding carboxylic acids is 2. The van der Waals surface area contributed by atoms with Crippen molar-refractivity contribution in [3.63, 3.8) is 0 Å². The van der Waals surface area contributed by atoms with Crippen molar-refractivity contribution in [2.75, 3.05) is 48.3 Å². The second-order valence-electron chi connectivity index (χ2n) is 15.1. The third kappa shape index (κ3) is 43.7. The summed E-state index contributed by atoms with van der Waals surface area (Å²) in [6.45, 7) is 23.4. The summed E-state index contributed by atoms with van der Waals surface area (Å²) in [5.74, 6) is 2.67. The Morgan fingerprint density at radius 3 is 1.16 bits per heavy atom. The molecule has 6 N–H and O–H groups in total. The van der Waals surface area contributed by atoms with E-state index in [4.69, 9.17) is 44.1 Å². The number of rotatable bonds is 7. The fraction of sp³-hybridized carbons (Fsp3) is 0.800. The fourth-order valence-corrected chi connectivity index (χ4v) is 8.05. The van der Waals surface area contributed by atoms with Crippen LogP contribution in [0.3, 0.4) is 0 Å². The molecular weight excluding hydrogens is 1230 g/mol. The topological polar surface area (TPSA) is 138 Å². The first-order valence-electron chi connectivity index (χ1n) is 18.2. The van der Waals surface area contributed by atoms with E-state index in [1.165, 1.54) is 49.7 Å². The molecule has 0 bridgehead atoms. The minimum absolute atomic E-state index is 0. The number of hydrogen-bond acceptors (Lipinski definition) is 10. The van der Waals surface area contributed by atoms with Gasteiger partial charge in [0.1, 0.15) is 11.2 Å². The van der Waals surface area contributed by atoms with Gasteiger partial charge >= 0.3 is 12.3 Å². The summed E-state index contributed by atoms with van der Waals surface area (Å²) in [4.78, 5) is 22.0. The van der Waals surface area contributed by atoms with Crippen molar-refractivity contribution in [2.45, 2.75) is 143 Å². The summed E-state index contributed by atoms with van der Waals surface area (Å²) in [5.41, 5.74) is 13.4. The van der Waals surface area contributed by atoms with Gasteiger partial charge in [-0.15, -0.1) is 23.2 Å². The van der Waals surface area contributed by atoms with Gasteiger partial charge in [-0.25, -0.2) is 9.59 Å².